The van der Waals surface area contributed by atoms with E-state index in [1.165, 1.54) is 17.1 Å². The van der Waals surface area contributed by atoms with Crippen LogP contribution in [0, 0.1) is 34.5 Å². The van der Waals surface area contributed by atoms with Crippen LogP contribution in [0.2, 0.25) is 0 Å². The SMILES string of the molecule is CCN(CC)C(=O)C(=O)[C@H]1[C@H](C)C[C@H]2[C@@H]3C[C@H](F)C4=CC(=O)C=C[C@]4(C)[C@@]3(Cl)[C@@H](O)C[C@@]21C. The van der Waals surface area contributed by atoms with Gasteiger partial charge < -0.3 is 10.0 Å². The summed E-state index contributed by atoms with van der Waals surface area (Å²) < 4.78 is 15.5. The number of halogens is 2. The number of hydrogen-bond donors (Lipinski definition) is 1. The van der Waals surface area contributed by atoms with Crippen molar-refractivity contribution in [2.24, 2.45) is 34.5 Å². The molecule has 0 aromatic heterocycles. The number of rotatable bonds is 4. The number of ketones is 2. The van der Waals surface area contributed by atoms with Crippen LogP contribution in [0.5, 0.6) is 0 Å². The van der Waals surface area contributed by atoms with Crippen molar-refractivity contribution in [3.05, 3.63) is 23.8 Å². The molecule has 0 aromatic rings. The lowest BCUT2D eigenvalue weighted by molar-refractivity contribution is -0.153. The molecule has 0 aliphatic heterocycles. The van der Waals surface area contributed by atoms with Gasteiger partial charge in [0.1, 0.15) is 6.17 Å². The normalized spacial score (nSPS) is 46.2. The van der Waals surface area contributed by atoms with Gasteiger partial charge in [0.2, 0.25) is 5.78 Å². The van der Waals surface area contributed by atoms with Crippen LogP contribution in [0.3, 0.4) is 0 Å². The Kier molecular flexibility index (Phi) is 5.97. The summed E-state index contributed by atoms with van der Waals surface area (Å²) >= 11 is 7.34. The predicted molar refractivity (Wildman–Crippen MR) is 124 cm³/mol. The zero-order chi connectivity index (χ0) is 24.5. The molecule has 0 spiro atoms. The average molecular weight is 480 g/mol. The van der Waals surface area contributed by atoms with E-state index in [4.69, 9.17) is 11.6 Å². The third-order valence-electron chi connectivity index (χ3n) is 9.51. The molecule has 0 unspecified atom stereocenters. The van der Waals surface area contributed by atoms with Gasteiger partial charge in [0.05, 0.1) is 11.0 Å². The number of fused-ring (bicyclic) bond motifs is 5. The summed E-state index contributed by atoms with van der Waals surface area (Å²) in [6.45, 7) is 10.4. The lowest BCUT2D eigenvalue weighted by atomic mass is 9.46. The van der Waals surface area contributed by atoms with Crippen molar-refractivity contribution in [2.75, 3.05) is 13.1 Å². The summed E-state index contributed by atoms with van der Waals surface area (Å²) in [5, 5.41) is 11.6. The Hall–Kier alpha value is -1.53. The standard InChI is InChI=1S/C26H35ClFNO4/c1-6-29(7-2)23(33)22(32)21-14(3)10-16-17-12-19(28)18-11-15(30)8-9-25(18,5)26(17,27)20(31)13-24(16,21)4/h8-9,11,14,16-17,19-21,31H,6-7,10,12-13H2,1-5H3/t14-,16+,17+,19+,20+,21-,24+,25+,26+/m1/s1. The van der Waals surface area contributed by atoms with Crippen molar-refractivity contribution in [1.29, 1.82) is 0 Å². The first-order chi connectivity index (χ1) is 15.4. The fourth-order valence-corrected chi connectivity index (χ4v) is 8.42. The molecule has 0 heterocycles. The molecule has 9 atom stereocenters. The zero-order valence-corrected chi connectivity index (χ0v) is 20.9. The minimum Gasteiger partial charge on any atom is -0.391 e. The largest absolute Gasteiger partial charge is 0.391 e. The second kappa shape index (κ2) is 8.01. The summed E-state index contributed by atoms with van der Waals surface area (Å²) in [5.41, 5.74) is -1.33. The Morgan fingerprint density at radius 3 is 2.45 bits per heavy atom. The maximum Gasteiger partial charge on any atom is 0.290 e. The van der Waals surface area contributed by atoms with E-state index in [1.54, 1.807) is 6.08 Å². The summed E-state index contributed by atoms with van der Waals surface area (Å²) in [6.07, 6.45) is 3.04. The van der Waals surface area contributed by atoms with Gasteiger partial charge in [0.15, 0.2) is 5.78 Å². The number of likely N-dealkylation sites (N-methyl/N-ethyl adjacent to an activating group) is 1. The molecule has 7 heteroatoms. The van der Waals surface area contributed by atoms with Crippen molar-refractivity contribution in [3.8, 4) is 0 Å². The van der Waals surface area contributed by atoms with Crippen molar-refractivity contribution >= 4 is 29.1 Å². The second-order valence-electron chi connectivity index (χ2n) is 11.0. The fourth-order valence-electron chi connectivity index (χ4n) is 7.93. The van der Waals surface area contributed by atoms with Crippen LogP contribution >= 0.6 is 11.6 Å². The Bertz CT molecular complexity index is 945. The average Bonchev–Trinajstić information content (AvgIpc) is 3.01. The van der Waals surface area contributed by atoms with Gasteiger partial charge in [-0.05, 0) is 74.0 Å². The first kappa shape index (κ1) is 24.6. The molecule has 3 saturated carbocycles. The van der Waals surface area contributed by atoms with Crippen LogP contribution < -0.4 is 0 Å². The molecule has 0 bridgehead atoms. The van der Waals surface area contributed by atoms with Gasteiger partial charge in [-0.1, -0.05) is 26.8 Å². The summed E-state index contributed by atoms with van der Waals surface area (Å²) in [7, 11) is 0. The van der Waals surface area contributed by atoms with Crippen molar-refractivity contribution in [2.45, 2.75) is 71.0 Å². The van der Waals surface area contributed by atoms with E-state index in [0.717, 1.165) is 0 Å². The maximum atomic E-state index is 15.5. The molecular formula is C26H35ClFNO4. The minimum atomic E-state index is -1.35. The highest BCUT2D eigenvalue weighted by Crippen LogP contribution is 2.70. The molecule has 5 nitrogen and oxygen atoms in total. The van der Waals surface area contributed by atoms with Crippen LogP contribution in [0.4, 0.5) is 4.39 Å². The number of carbonyl (C=O) groups is 3. The van der Waals surface area contributed by atoms with Crippen LogP contribution in [0.25, 0.3) is 0 Å². The van der Waals surface area contributed by atoms with Crippen LogP contribution in [0.15, 0.2) is 23.8 Å². The Morgan fingerprint density at radius 1 is 1.21 bits per heavy atom. The number of alkyl halides is 2. The molecule has 1 N–H and O–H groups in total. The van der Waals surface area contributed by atoms with Crippen LogP contribution in [-0.4, -0.2) is 57.7 Å². The number of allylic oxidation sites excluding steroid dienone is 4. The third-order valence-corrected chi connectivity index (χ3v) is 10.4. The fraction of sp³-hybridized carbons (Fsp3) is 0.731. The van der Waals surface area contributed by atoms with Gasteiger partial charge in [-0.2, -0.15) is 0 Å². The molecule has 0 saturated heterocycles. The smallest absolute Gasteiger partial charge is 0.290 e. The van der Waals surface area contributed by atoms with E-state index >= 15 is 4.39 Å². The molecule has 1 amide bonds. The van der Waals surface area contributed by atoms with Gasteiger partial charge in [-0.3, -0.25) is 14.4 Å². The molecule has 0 aromatic carbocycles. The van der Waals surface area contributed by atoms with Crippen molar-refractivity contribution < 1.29 is 23.9 Å². The Balaban J connectivity index is 1.76. The number of Topliss-reactive ketones (excluding diaryl/α,β-unsaturated/α-hetero) is 1. The number of aliphatic hydroxyl groups excluding tert-OH is 1. The van der Waals surface area contributed by atoms with Gasteiger partial charge in [0.25, 0.3) is 5.91 Å². The lowest BCUT2D eigenvalue weighted by Gasteiger charge is -2.63. The lowest BCUT2D eigenvalue weighted by Crippen LogP contribution is -2.67. The molecule has 0 radical (unpaired) electrons. The van der Waals surface area contributed by atoms with E-state index in [1.807, 2.05) is 34.6 Å². The Morgan fingerprint density at radius 2 is 1.85 bits per heavy atom. The molecule has 4 rings (SSSR count). The molecular weight excluding hydrogens is 445 g/mol. The van der Waals surface area contributed by atoms with Crippen molar-refractivity contribution in [3.63, 3.8) is 0 Å². The predicted octanol–water partition coefficient (Wildman–Crippen LogP) is 3.87. The summed E-state index contributed by atoms with van der Waals surface area (Å²) in [4.78, 5) is 38.8. The second-order valence-corrected chi connectivity index (χ2v) is 11.6. The topological polar surface area (TPSA) is 74.7 Å². The Labute approximate surface area is 200 Å². The van der Waals surface area contributed by atoms with Crippen molar-refractivity contribution in [1.82, 2.24) is 4.90 Å². The highest BCUT2D eigenvalue weighted by molar-refractivity contribution is 6.37. The maximum absolute atomic E-state index is 15.5. The molecule has 4 aliphatic rings. The highest BCUT2D eigenvalue weighted by Gasteiger charge is 2.72. The van der Waals surface area contributed by atoms with E-state index in [9.17, 15) is 19.5 Å². The van der Waals surface area contributed by atoms with Crippen LogP contribution in [-0.2, 0) is 14.4 Å². The summed E-state index contributed by atoms with van der Waals surface area (Å²) in [6, 6.07) is 0. The van der Waals surface area contributed by atoms with E-state index in [-0.39, 0.29) is 30.5 Å². The summed E-state index contributed by atoms with van der Waals surface area (Å²) in [5.74, 6) is -2.29. The number of amides is 1. The number of hydrogen-bond acceptors (Lipinski definition) is 4. The van der Waals surface area contributed by atoms with Gasteiger partial charge in [-0.15, -0.1) is 11.6 Å². The van der Waals surface area contributed by atoms with Gasteiger partial charge in [0, 0.05) is 24.4 Å². The molecule has 33 heavy (non-hydrogen) atoms. The monoisotopic (exact) mass is 479 g/mol. The number of carbonyl (C=O) groups excluding carboxylic acids is 3. The van der Waals surface area contributed by atoms with E-state index in [2.05, 4.69) is 0 Å². The minimum absolute atomic E-state index is 0.0792. The van der Waals surface area contributed by atoms with Crippen LogP contribution in [0.1, 0.15) is 53.9 Å². The molecule has 3 fully saturated rings. The molecule has 4 aliphatic carbocycles. The molecule has 182 valence electrons. The third kappa shape index (κ3) is 3.16. The zero-order valence-electron chi connectivity index (χ0n) is 20.1. The first-order valence-corrected chi connectivity index (χ1v) is 12.5. The van der Waals surface area contributed by atoms with Gasteiger partial charge >= 0.3 is 0 Å². The first-order valence-electron chi connectivity index (χ1n) is 12.2. The highest BCUT2D eigenvalue weighted by atomic mass is 35.5. The quantitative estimate of drug-likeness (QED) is 0.490. The van der Waals surface area contributed by atoms with Gasteiger partial charge in [-0.25, -0.2) is 4.39 Å². The number of nitrogens with zero attached hydrogens (tertiary/aromatic N) is 1. The van der Waals surface area contributed by atoms with E-state index in [0.29, 0.717) is 25.1 Å². The van der Waals surface area contributed by atoms with E-state index < -0.39 is 51.5 Å². The number of aliphatic hydroxyl groups is 1.